The largest absolute Gasteiger partial charge is 0.244 e. The molecule has 2 heteroatoms. The lowest BCUT2D eigenvalue weighted by molar-refractivity contribution is 0.633. The highest BCUT2D eigenvalue weighted by Gasteiger charge is 2.59. The highest BCUT2D eigenvalue weighted by atomic mass is 14.8. The van der Waals surface area contributed by atoms with Crippen LogP contribution < -0.4 is 0 Å². The van der Waals surface area contributed by atoms with E-state index in [1.165, 1.54) is 105 Å². The van der Waals surface area contributed by atoms with Gasteiger partial charge in [0.05, 0.1) is 33.3 Å². The molecule has 3 aliphatic rings. The van der Waals surface area contributed by atoms with E-state index < -0.39 is 10.8 Å². The van der Waals surface area contributed by atoms with E-state index in [1.807, 2.05) is 6.07 Å². The summed E-state index contributed by atoms with van der Waals surface area (Å²) in [6.45, 7) is 0. The maximum atomic E-state index is 5.45. The van der Waals surface area contributed by atoms with Gasteiger partial charge >= 0.3 is 0 Å². The molecule has 1 aromatic heterocycles. The molecule has 3 aliphatic carbocycles. The summed E-state index contributed by atoms with van der Waals surface area (Å²) in [5.41, 5.74) is 25.0. The summed E-state index contributed by atoms with van der Waals surface area (Å²) in [5.74, 6) is 0. The highest BCUT2D eigenvalue weighted by Crippen LogP contribution is 2.68. The van der Waals surface area contributed by atoms with Crippen molar-refractivity contribution in [2.24, 2.45) is 0 Å². The first-order chi connectivity index (χ1) is 36.7. The molecule has 2 spiro atoms. The summed E-state index contributed by atoms with van der Waals surface area (Å²) in [4.78, 5) is 10.8. The van der Waals surface area contributed by atoms with E-state index in [0.29, 0.717) is 0 Å². The Balaban J connectivity index is 0.984. The molecule has 0 saturated carbocycles. The number of rotatable bonds is 4. The molecular formula is C72H44N2. The molecule has 342 valence electrons. The number of fused-ring (bicyclic) bond motifs is 19. The van der Waals surface area contributed by atoms with Gasteiger partial charge in [0.15, 0.2) is 0 Å². The Kier molecular flexibility index (Phi) is 8.62. The molecule has 74 heavy (non-hydrogen) atoms. The molecule has 13 aromatic rings. The Labute approximate surface area is 429 Å². The number of aromatic nitrogens is 2. The third-order valence-corrected chi connectivity index (χ3v) is 16.7. The van der Waals surface area contributed by atoms with Gasteiger partial charge in [-0.2, -0.15) is 0 Å². The van der Waals surface area contributed by atoms with Gasteiger partial charge in [-0.15, -0.1) is 0 Å². The van der Waals surface area contributed by atoms with Crippen LogP contribution in [-0.2, 0) is 10.8 Å². The van der Waals surface area contributed by atoms with E-state index in [4.69, 9.17) is 9.97 Å². The number of hydrogen-bond donors (Lipinski definition) is 0. The molecule has 0 radical (unpaired) electrons. The van der Waals surface area contributed by atoms with Crippen LogP contribution in [-0.4, -0.2) is 9.97 Å². The minimum atomic E-state index is -0.594. The molecule has 0 atom stereocenters. The lowest BCUT2D eigenvalue weighted by Gasteiger charge is -2.49. The summed E-state index contributed by atoms with van der Waals surface area (Å²) in [7, 11) is 0. The van der Waals surface area contributed by atoms with Crippen LogP contribution in [0.15, 0.2) is 267 Å². The van der Waals surface area contributed by atoms with Crippen molar-refractivity contribution >= 4 is 32.6 Å². The lowest BCUT2D eigenvalue weighted by atomic mass is 9.52. The highest BCUT2D eigenvalue weighted by molar-refractivity contribution is 6.22. The van der Waals surface area contributed by atoms with Crippen LogP contribution in [0.5, 0.6) is 0 Å². The SMILES string of the molecule is c1ccc(-c2nc3ccc(-c4c5ccccc5c(-c5ccc6c(c5)C5(c7ccccc7-c7ccccc75)c5ccccc5C65c6ccccc6-c6ccccc65)c5ccccc45)cc3nc2-c2ccccc2)cc1. The van der Waals surface area contributed by atoms with Gasteiger partial charge in [0, 0.05) is 11.1 Å². The zero-order chi connectivity index (χ0) is 48.5. The predicted molar refractivity (Wildman–Crippen MR) is 304 cm³/mol. The maximum absolute atomic E-state index is 5.45. The fourth-order valence-corrected chi connectivity index (χ4v) is 13.9. The van der Waals surface area contributed by atoms with Gasteiger partial charge < -0.3 is 0 Å². The first kappa shape index (κ1) is 41.2. The molecule has 0 fully saturated rings. The number of benzene rings is 12. The van der Waals surface area contributed by atoms with E-state index in [-0.39, 0.29) is 0 Å². The Bertz CT molecular complexity index is 4340. The molecule has 0 saturated heterocycles. The van der Waals surface area contributed by atoms with Crippen molar-refractivity contribution in [3.05, 3.63) is 311 Å². The van der Waals surface area contributed by atoms with Gasteiger partial charge in [-0.1, -0.05) is 249 Å². The van der Waals surface area contributed by atoms with Crippen LogP contribution in [0, 0.1) is 0 Å². The molecule has 0 N–H and O–H groups in total. The Morgan fingerprint density at radius 1 is 0.216 bits per heavy atom. The monoisotopic (exact) mass is 936 g/mol. The summed E-state index contributed by atoms with van der Waals surface area (Å²) >= 11 is 0. The fraction of sp³-hybridized carbons (Fsp3) is 0.0278. The van der Waals surface area contributed by atoms with Crippen LogP contribution in [0.3, 0.4) is 0 Å². The van der Waals surface area contributed by atoms with Gasteiger partial charge in [-0.05, 0) is 129 Å². The first-order valence-electron chi connectivity index (χ1n) is 25.7. The van der Waals surface area contributed by atoms with Crippen LogP contribution in [0.4, 0.5) is 0 Å². The average molecular weight is 937 g/mol. The van der Waals surface area contributed by atoms with Gasteiger partial charge in [-0.25, -0.2) is 9.97 Å². The van der Waals surface area contributed by atoms with Crippen molar-refractivity contribution in [2.75, 3.05) is 0 Å². The first-order valence-corrected chi connectivity index (χ1v) is 25.7. The van der Waals surface area contributed by atoms with Crippen LogP contribution in [0.1, 0.15) is 44.5 Å². The zero-order valence-corrected chi connectivity index (χ0v) is 40.3. The second-order valence-electron chi connectivity index (χ2n) is 20.2. The van der Waals surface area contributed by atoms with Crippen LogP contribution >= 0.6 is 0 Å². The standard InChI is InChI=1S/C72H44N2/c1-3-21-45(22-4-1)69-70(46-23-5-2-6-24-46)74-66-44-48(40-42-65(66)73-69)68-55-31-9-7-29-53(55)67(54-30-8-10-32-56(54)68)47-39-41-63-64(43-47)72(59-35-17-13-27-51(59)52-28-14-18-36-60(52)72)62-38-20-19-37-61(62)71(63)57-33-15-11-25-49(57)50-26-12-16-34-58(50)71/h1-44H. The molecule has 16 rings (SSSR count). The van der Waals surface area contributed by atoms with E-state index in [0.717, 1.165) is 39.1 Å². The van der Waals surface area contributed by atoms with Crippen molar-refractivity contribution in [3.63, 3.8) is 0 Å². The summed E-state index contributed by atoms with van der Waals surface area (Å²) in [6.07, 6.45) is 0. The Morgan fingerprint density at radius 2 is 0.541 bits per heavy atom. The fourth-order valence-electron chi connectivity index (χ4n) is 13.9. The van der Waals surface area contributed by atoms with Crippen LogP contribution in [0.25, 0.3) is 99.6 Å². The second-order valence-corrected chi connectivity index (χ2v) is 20.2. The lowest BCUT2D eigenvalue weighted by Crippen LogP contribution is -2.43. The van der Waals surface area contributed by atoms with Gasteiger partial charge in [0.2, 0.25) is 0 Å². The quantitative estimate of drug-likeness (QED) is 0.164. The minimum absolute atomic E-state index is 0.551. The molecule has 1 heterocycles. The number of hydrogen-bond acceptors (Lipinski definition) is 2. The second kappa shape index (κ2) is 15.5. The van der Waals surface area contributed by atoms with E-state index in [2.05, 4.69) is 261 Å². The third kappa shape index (κ3) is 5.39. The molecule has 0 amide bonds. The van der Waals surface area contributed by atoms with E-state index in [1.54, 1.807) is 0 Å². The normalized spacial score (nSPS) is 13.9. The predicted octanol–water partition coefficient (Wildman–Crippen LogP) is 17.6. The molecule has 0 unspecified atom stereocenters. The Morgan fingerprint density at radius 3 is 0.986 bits per heavy atom. The molecule has 2 nitrogen and oxygen atoms in total. The van der Waals surface area contributed by atoms with Crippen molar-refractivity contribution in [2.45, 2.75) is 10.8 Å². The van der Waals surface area contributed by atoms with Crippen LogP contribution in [0.2, 0.25) is 0 Å². The number of nitrogens with zero attached hydrogens (tertiary/aromatic N) is 2. The zero-order valence-electron chi connectivity index (χ0n) is 40.3. The summed E-state index contributed by atoms with van der Waals surface area (Å²) in [6, 6.07) is 99.2. The van der Waals surface area contributed by atoms with Crippen molar-refractivity contribution in [1.82, 2.24) is 9.97 Å². The molecular weight excluding hydrogens is 893 g/mol. The van der Waals surface area contributed by atoms with Gasteiger partial charge in [0.25, 0.3) is 0 Å². The smallest absolute Gasteiger partial charge is 0.0973 e. The van der Waals surface area contributed by atoms with E-state index >= 15 is 0 Å². The third-order valence-electron chi connectivity index (χ3n) is 16.7. The van der Waals surface area contributed by atoms with Gasteiger partial charge in [0.1, 0.15) is 0 Å². The molecule has 12 aromatic carbocycles. The topological polar surface area (TPSA) is 25.8 Å². The summed E-state index contributed by atoms with van der Waals surface area (Å²) < 4.78 is 0. The molecule has 0 aliphatic heterocycles. The van der Waals surface area contributed by atoms with Crippen molar-refractivity contribution < 1.29 is 0 Å². The van der Waals surface area contributed by atoms with Crippen molar-refractivity contribution in [3.8, 4) is 67.0 Å². The minimum Gasteiger partial charge on any atom is -0.244 e. The Hall–Kier alpha value is -9.50. The average Bonchev–Trinajstić information content (AvgIpc) is 4.06. The van der Waals surface area contributed by atoms with Crippen molar-refractivity contribution in [1.29, 1.82) is 0 Å². The maximum Gasteiger partial charge on any atom is 0.0973 e. The van der Waals surface area contributed by atoms with E-state index in [9.17, 15) is 0 Å². The summed E-state index contributed by atoms with van der Waals surface area (Å²) in [5, 5.41) is 4.81. The molecule has 0 bridgehead atoms. The van der Waals surface area contributed by atoms with Gasteiger partial charge in [-0.3, -0.25) is 0 Å².